The number of benzene rings is 1. The second kappa shape index (κ2) is 7.86. The molecule has 1 aromatic carbocycles. The highest BCUT2D eigenvalue weighted by molar-refractivity contribution is 5.77. The first-order chi connectivity index (χ1) is 10.3. The van der Waals surface area contributed by atoms with Gasteiger partial charge in [-0.25, -0.2) is 0 Å². The molecule has 0 radical (unpaired) electrons. The molecule has 7 heteroatoms. The van der Waals surface area contributed by atoms with Crippen LogP contribution in [0.1, 0.15) is 31.1 Å². The van der Waals surface area contributed by atoms with Crippen LogP contribution in [0.2, 0.25) is 0 Å². The van der Waals surface area contributed by atoms with E-state index in [0.717, 1.165) is 0 Å². The summed E-state index contributed by atoms with van der Waals surface area (Å²) in [6.07, 6.45) is -0.763. The lowest BCUT2D eigenvalue weighted by Crippen LogP contribution is -2.29. The Kier molecular flexibility index (Phi) is 6.45. The number of aliphatic hydroxyl groups is 1. The molecular formula is C15H22N2O5. The molecule has 0 aliphatic heterocycles. The van der Waals surface area contributed by atoms with Gasteiger partial charge in [-0.05, 0) is 17.5 Å². The minimum absolute atomic E-state index is 0.0450. The molecule has 0 saturated carbocycles. The fourth-order valence-corrected chi connectivity index (χ4v) is 2.03. The number of likely N-dealkylation sites (N-methyl/N-ethyl adjacent to an activating group) is 1. The van der Waals surface area contributed by atoms with Crippen LogP contribution in [0.5, 0.6) is 0 Å². The predicted octanol–water partition coefficient (Wildman–Crippen LogP) is 1.89. The van der Waals surface area contributed by atoms with Gasteiger partial charge < -0.3 is 14.7 Å². The molecule has 1 aromatic rings. The van der Waals surface area contributed by atoms with Crippen LogP contribution in [0.25, 0.3) is 0 Å². The number of nitro benzene ring substituents is 1. The molecule has 122 valence electrons. The van der Waals surface area contributed by atoms with E-state index in [9.17, 15) is 20.0 Å². The Balaban J connectivity index is 3.05. The Bertz CT molecular complexity index is 545. The summed E-state index contributed by atoms with van der Waals surface area (Å²) in [7, 11) is 2.97. The van der Waals surface area contributed by atoms with Crippen LogP contribution >= 0.6 is 0 Å². The molecular weight excluding hydrogens is 288 g/mol. The topological polar surface area (TPSA) is 92.9 Å². The third kappa shape index (κ3) is 4.51. The van der Waals surface area contributed by atoms with Gasteiger partial charge in [0.05, 0.1) is 17.6 Å². The summed E-state index contributed by atoms with van der Waals surface area (Å²) >= 11 is 0. The zero-order valence-electron chi connectivity index (χ0n) is 13.3. The van der Waals surface area contributed by atoms with Crippen molar-refractivity contribution in [3.8, 4) is 0 Å². The SMILES string of the molecule is COCC(=O)N(C)Cc1ccc(C(O)C(C)C)cc1[N+](=O)[O-]. The molecule has 0 fully saturated rings. The van der Waals surface area contributed by atoms with Crippen molar-refractivity contribution in [3.63, 3.8) is 0 Å². The normalized spacial score (nSPS) is 12.3. The molecule has 0 aliphatic rings. The van der Waals surface area contributed by atoms with Crippen molar-refractivity contribution in [2.75, 3.05) is 20.8 Å². The summed E-state index contributed by atoms with van der Waals surface area (Å²) in [5.41, 5.74) is 0.808. The summed E-state index contributed by atoms with van der Waals surface area (Å²) < 4.78 is 4.76. The first kappa shape index (κ1) is 18.1. The van der Waals surface area contributed by atoms with Gasteiger partial charge >= 0.3 is 0 Å². The van der Waals surface area contributed by atoms with Crippen molar-refractivity contribution in [2.24, 2.45) is 5.92 Å². The first-order valence-electron chi connectivity index (χ1n) is 6.96. The smallest absolute Gasteiger partial charge is 0.274 e. The van der Waals surface area contributed by atoms with Crippen LogP contribution in [0.15, 0.2) is 18.2 Å². The Morgan fingerprint density at radius 1 is 1.45 bits per heavy atom. The summed E-state index contributed by atoms with van der Waals surface area (Å²) in [6, 6.07) is 4.60. The lowest BCUT2D eigenvalue weighted by atomic mass is 9.97. The van der Waals surface area contributed by atoms with E-state index in [4.69, 9.17) is 4.74 Å². The van der Waals surface area contributed by atoms with Crippen LogP contribution in [0.3, 0.4) is 0 Å². The maximum absolute atomic E-state index is 11.7. The van der Waals surface area contributed by atoms with Crippen molar-refractivity contribution in [1.82, 2.24) is 4.90 Å². The molecule has 0 aliphatic carbocycles. The van der Waals surface area contributed by atoms with Gasteiger partial charge in [0.15, 0.2) is 0 Å². The van der Waals surface area contributed by atoms with Crippen LogP contribution in [-0.2, 0) is 16.1 Å². The van der Waals surface area contributed by atoms with E-state index < -0.39 is 11.0 Å². The zero-order chi connectivity index (χ0) is 16.9. The van der Waals surface area contributed by atoms with E-state index in [1.165, 1.54) is 18.1 Å². The molecule has 1 N–H and O–H groups in total. The number of carbonyl (C=O) groups excluding carboxylic acids is 1. The molecule has 1 atom stereocenters. The van der Waals surface area contributed by atoms with Crippen molar-refractivity contribution in [1.29, 1.82) is 0 Å². The average molecular weight is 310 g/mol. The number of hydrogen-bond acceptors (Lipinski definition) is 5. The molecule has 1 amide bonds. The van der Waals surface area contributed by atoms with Crippen LogP contribution < -0.4 is 0 Å². The maximum Gasteiger partial charge on any atom is 0.274 e. The van der Waals surface area contributed by atoms with E-state index in [2.05, 4.69) is 0 Å². The number of rotatable bonds is 7. The molecule has 1 rings (SSSR count). The fourth-order valence-electron chi connectivity index (χ4n) is 2.03. The monoisotopic (exact) mass is 310 g/mol. The van der Waals surface area contributed by atoms with E-state index in [1.807, 2.05) is 13.8 Å². The molecule has 0 bridgehead atoms. The van der Waals surface area contributed by atoms with Crippen LogP contribution in [-0.4, -0.2) is 41.6 Å². The van der Waals surface area contributed by atoms with Gasteiger partial charge in [-0.3, -0.25) is 14.9 Å². The van der Waals surface area contributed by atoms with E-state index >= 15 is 0 Å². The highest BCUT2D eigenvalue weighted by Crippen LogP contribution is 2.28. The molecule has 0 spiro atoms. The van der Waals surface area contributed by atoms with Crippen molar-refractivity contribution >= 4 is 11.6 Å². The minimum Gasteiger partial charge on any atom is -0.388 e. The van der Waals surface area contributed by atoms with Gasteiger partial charge in [0, 0.05) is 25.8 Å². The summed E-state index contributed by atoms with van der Waals surface area (Å²) in [5.74, 6) is -0.306. The van der Waals surface area contributed by atoms with Crippen molar-refractivity contribution in [3.05, 3.63) is 39.4 Å². The Morgan fingerprint density at radius 3 is 2.59 bits per heavy atom. The highest BCUT2D eigenvalue weighted by atomic mass is 16.6. The lowest BCUT2D eigenvalue weighted by Gasteiger charge is -2.18. The number of carbonyl (C=O) groups is 1. The van der Waals surface area contributed by atoms with Gasteiger partial charge in [0.1, 0.15) is 6.61 Å². The third-order valence-corrected chi connectivity index (χ3v) is 3.38. The number of nitrogens with zero attached hydrogens (tertiary/aromatic N) is 2. The second-order valence-corrected chi connectivity index (χ2v) is 5.52. The quantitative estimate of drug-likeness (QED) is 0.613. The lowest BCUT2D eigenvalue weighted by molar-refractivity contribution is -0.385. The molecule has 0 aromatic heterocycles. The molecule has 7 nitrogen and oxygen atoms in total. The Labute approximate surface area is 129 Å². The predicted molar refractivity (Wildman–Crippen MR) is 81.2 cm³/mol. The molecule has 22 heavy (non-hydrogen) atoms. The number of ether oxygens (including phenoxy) is 1. The Hall–Kier alpha value is -1.99. The van der Waals surface area contributed by atoms with Gasteiger partial charge in [-0.1, -0.05) is 19.9 Å². The van der Waals surface area contributed by atoms with Gasteiger partial charge in [0.25, 0.3) is 5.69 Å². The second-order valence-electron chi connectivity index (χ2n) is 5.52. The number of hydrogen-bond donors (Lipinski definition) is 1. The highest BCUT2D eigenvalue weighted by Gasteiger charge is 2.21. The number of methoxy groups -OCH3 is 1. The van der Waals surface area contributed by atoms with Gasteiger partial charge in [-0.2, -0.15) is 0 Å². The van der Waals surface area contributed by atoms with Crippen molar-refractivity contribution in [2.45, 2.75) is 26.5 Å². The number of aliphatic hydroxyl groups excluding tert-OH is 1. The van der Waals surface area contributed by atoms with E-state index in [0.29, 0.717) is 11.1 Å². The standard InChI is InChI=1S/C15H22N2O5/c1-10(2)15(19)11-5-6-12(13(7-11)17(20)21)8-16(3)14(18)9-22-4/h5-7,10,15,19H,8-9H2,1-4H3. The Morgan fingerprint density at radius 2 is 2.09 bits per heavy atom. The van der Waals surface area contributed by atoms with Gasteiger partial charge in [0.2, 0.25) is 5.91 Å². The first-order valence-corrected chi connectivity index (χ1v) is 6.96. The summed E-state index contributed by atoms with van der Waals surface area (Å²) in [6.45, 7) is 3.70. The molecule has 1 unspecified atom stereocenters. The summed E-state index contributed by atoms with van der Waals surface area (Å²) in [4.78, 5) is 23.8. The van der Waals surface area contributed by atoms with E-state index in [1.54, 1.807) is 19.2 Å². The van der Waals surface area contributed by atoms with Crippen LogP contribution in [0.4, 0.5) is 5.69 Å². The van der Waals surface area contributed by atoms with E-state index in [-0.39, 0.29) is 30.7 Å². The van der Waals surface area contributed by atoms with Crippen molar-refractivity contribution < 1.29 is 19.6 Å². The summed E-state index contributed by atoms with van der Waals surface area (Å²) in [5, 5.41) is 21.3. The molecule has 0 saturated heterocycles. The molecule has 0 heterocycles. The minimum atomic E-state index is -0.763. The third-order valence-electron chi connectivity index (χ3n) is 3.38. The number of nitro groups is 1. The maximum atomic E-state index is 11.7. The fraction of sp³-hybridized carbons (Fsp3) is 0.533. The average Bonchev–Trinajstić information content (AvgIpc) is 2.46. The largest absolute Gasteiger partial charge is 0.388 e. The van der Waals surface area contributed by atoms with Gasteiger partial charge in [-0.15, -0.1) is 0 Å². The number of amides is 1. The van der Waals surface area contributed by atoms with Crippen LogP contribution in [0, 0.1) is 16.0 Å². The zero-order valence-corrected chi connectivity index (χ0v) is 13.3.